The number of benzene rings is 2. The lowest BCUT2D eigenvalue weighted by Gasteiger charge is -2.00. The van der Waals surface area contributed by atoms with E-state index in [-0.39, 0.29) is 16.7 Å². The van der Waals surface area contributed by atoms with Crippen LogP contribution in [0.5, 0.6) is 5.75 Å². The zero-order valence-electron chi connectivity index (χ0n) is 11.4. The topological polar surface area (TPSA) is 71.0 Å². The van der Waals surface area contributed by atoms with E-state index in [0.717, 1.165) is 5.56 Å². The van der Waals surface area contributed by atoms with E-state index in [1.807, 2.05) is 0 Å². The number of aromatic hydroxyl groups is 1. The molecule has 114 valence electrons. The van der Waals surface area contributed by atoms with Gasteiger partial charge >= 0.3 is 0 Å². The molecule has 2 aromatic rings. The molecule has 22 heavy (non-hydrogen) atoms. The second-order valence-corrected chi connectivity index (χ2v) is 5.73. The van der Waals surface area contributed by atoms with Crippen molar-refractivity contribution >= 4 is 34.7 Å². The summed E-state index contributed by atoms with van der Waals surface area (Å²) in [4.78, 5) is 0. The molecule has 0 aliphatic heterocycles. The Morgan fingerprint density at radius 1 is 1.27 bits per heavy atom. The monoisotopic (exact) mass is 337 g/mol. The van der Waals surface area contributed by atoms with Gasteiger partial charge in [-0.25, -0.2) is 4.39 Å². The first-order valence-electron chi connectivity index (χ1n) is 6.27. The molecular formula is C15H13ClFN3OS. The number of thioether (sulfide) groups is 1. The van der Waals surface area contributed by atoms with E-state index in [0.29, 0.717) is 16.3 Å². The van der Waals surface area contributed by atoms with Gasteiger partial charge in [-0.3, -0.25) is 0 Å². The molecule has 2 aromatic carbocycles. The number of halogens is 2. The minimum Gasteiger partial charge on any atom is -0.507 e. The molecule has 2 rings (SSSR count). The predicted molar refractivity (Wildman–Crippen MR) is 90.0 cm³/mol. The Morgan fingerprint density at radius 3 is 2.73 bits per heavy atom. The van der Waals surface area contributed by atoms with Crippen molar-refractivity contribution in [2.24, 2.45) is 15.9 Å². The van der Waals surface area contributed by atoms with Crippen LogP contribution in [0.2, 0.25) is 5.02 Å². The molecule has 0 aliphatic rings. The lowest BCUT2D eigenvalue weighted by atomic mass is 10.2. The van der Waals surface area contributed by atoms with Crippen molar-refractivity contribution in [2.45, 2.75) is 5.75 Å². The van der Waals surface area contributed by atoms with Gasteiger partial charge in [-0.1, -0.05) is 35.5 Å². The summed E-state index contributed by atoms with van der Waals surface area (Å²) in [6.45, 7) is 0. The highest BCUT2D eigenvalue weighted by atomic mass is 35.5. The molecule has 0 spiro atoms. The number of hydrogen-bond acceptors (Lipinski definition) is 4. The molecule has 0 radical (unpaired) electrons. The standard InChI is InChI=1S/C15H13ClFN3OS/c16-12-3-6-14(21)11(7-12)8-19-20-15(18)22-9-10-1-4-13(17)5-2-10/h1-8,21H,9H2,(H2,18,20)/b19-8+. The van der Waals surface area contributed by atoms with Crippen molar-refractivity contribution in [3.63, 3.8) is 0 Å². The molecular weight excluding hydrogens is 325 g/mol. The lowest BCUT2D eigenvalue weighted by molar-refractivity contribution is 0.474. The fourth-order valence-corrected chi connectivity index (χ4v) is 2.34. The van der Waals surface area contributed by atoms with E-state index >= 15 is 0 Å². The first kappa shape index (κ1) is 16.3. The Morgan fingerprint density at radius 2 is 2.00 bits per heavy atom. The number of phenols is 1. The molecule has 0 aliphatic carbocycles. The van der Waals surface area contributed by atoms with E-state index in [9.17, 15) is 9.50 Å². The van der Waals surface area contributed by atoms with Crippen molar-refractivity contribution in [1.82, 2.24) is 0 Å². The van der Waals surface area contributed by atoms with Crippen LogP contribution in [-0.4, -0.2) is 16.5 Å². The molecule has 0 fully saturated rings. The van der Waals surface area contributed by atoms with Crippen LogP contribution in [0.3, 0.4) is 0 Å². The van der Waals surface area contributed by atoms with Crippen molar-refractivity contribution in [3.8, 4) is 5.75 Å². The SMILES string of the molecule is N/C(=N\N=C\c1cc(Cl)ccc1O)SCc1ccc(F)cc1. The van der Waals surface area contributed by atoms with E-state index in [1.165, 1.54) is 36.2 Å². The van der Waals surface area contributed by atoms with E-state index in [2.05, 4.69) is 10.2 Å². The molecule has 0 aromatic heterocycles. The van der Waals surface area contributed by atoms with E-state index in [1.54, 1.807) is 24.3 Å². The number of nitrogens with zero attached hydrogens (tertiary/aromatic N) is 2. The molecule has 0 saturated heterocycles. The Bertz CT molecular complexity index is 704. The minimum absolute atomic E-state index is 0.0564. The van der Waals surface area contributed by atoms with Gasteiger partial charge in [0.1, 0.15) is 11.6 Å². The van der Waals surface area contributed by atoms with Crippen LogP contribution in [0.1, 0.15) is 11.1 Å². The Labute approximate surface area is 136 Å². The van der Waals surface area contributed by atoms with Gasteiger partial charge < -0.3 is 10.8 Å². The second-order valence-electron chi connectivity index (χ2n) is 4.30. The van der Waals surface area contributed by atoms with Gasteiger partial charge in [0, 0.05) is 16.3 Å². The molecule has 0 atom stereocenters. The second kappa shape index (κ2) is 7.82. The van der Waals surface area contributed by atoms with Gasteiger partial charge in [0.25, 0.3) is 0 Å². The van der Waals surface area contributed by atoms with Crippen molar-refractivity contribution in [3.05, 3.63) is 64.4 Å². The predicted octanol–water partition coefficient (Wildman–Crippen LogP) is 3.77. The highest BCUT2D eigenvalue weighted by molar-refractivity contribution is 8.13. The fraction of sp³-hybridized carbons (Fsp3) is 0.0667. The first-order chi connectivity index (χ1) is 10.5. The summed E-state index contributed by atoms with van der Waals surface area (Å²) in [6, 6.07) is 10.8. The summed E-state index contributed by atoms with van der Waals surface area (Å²) < 4.78 is 12.8. The molecule has 4 nitrogen and oxygen atoms in total. The van der Waals surface area contributed by atoms with Gasteiger partial charge in [0.05, 0.1) is 6.21 Å². The number of phenolic OH excluding ortho intramolecular Hbond substituents is 1. The van der Waals surface area contributed by atoms with Crippen LogP contribution in [-0.2, 0) is 5.75 Å². The zero-order valence-corrected chi connectivity index (χ0v) is 13.0. The van der Waals surface area contributed by atoms with Gasteiger partial charge in [0.2, 0.25) is 0 Å². The third-order valence-corrected chi connectivity index (χ3v) is 3.73. The number of nitrogens with two attached hydrogens (primary N) is 1. The summed E-state index contributed by atoms with van der Waals surface area (Å²) in [5.74, 6) is 0.343. The summed E-state index contributed by atoms with van der Waals surface area (Å²) in [5.41, 5.74) is 7.10. The highest BCUT2D eigenvalue weighted by Gasteiger charge is 2.00. The third kappa shape index (κ3) is 5.05. The van der Waals surface area contributed by atoms with E-state index < -0.39 is 0 Å². The van der Waals surface area contributed by atoms with Crippen LogP contribution in [0.4, 0.5) is 4.39 Å². The molecule has 3 N–H and O–H groups in total. The fourth-order valence-electron chi connectivity index (χ4n) is 1.54. The molecule has 0 bridgehead atoms. The van der Waals surface area contributed by atoms with Crippen LogP contribution in [0.15, 0.2) is 52.7 Å². The summed E-state index contributed by atoms with van der Waals surface area (Å²) >= 11 is 7.10. The molecule has 0 amide bonds. The summed E-state index contributed by atoms with van der Waals surface area (Å²) in [7, 11) is 0. The lowest BCUT2D eigenvalue weighted by Crippen LogP contribution is -2.06. The zero-order chi connectivity index (χ0) is 15.9. The highest BCUT2D eigenvalue weighted by Crippen LogP contribution is 2.19. The van der Waals surface area contributed by atoms with Gasteiger partial charge in [-0.05, 0) is 35.9 Å². The van der Waals surface area contributed by atoms with Crippen LogP contribution in [0, 0.1) is 5.82 Å². The number of amidine groups is 1. The maximum atomic E-state index is 12.8. The molecule has 0 heterocycles. The van der Waals surface area contributed by atoms with Crippen molar-refractivity contribution < 1.29 is 9.50 Å². The van der Waals surface area contributed by atoms with Gasteiger partial charge in [0.15, 0.2) is 5.17 Å². The Hall–Kier alpha value is -2.05. The maximum Gasteiger partial charge on any atom is 0.180 e. The average molecular weight is 338 g/mol. The smallest absolute Gasteiger partial charge is 0.180 e. The third-order valence-electron chi connectivity index (χ3n) is 2.64. The summed E-state index contributed by atoms with van der Waals surface area (Å²) in [6.07, 6.45) is 1.37. The minimum atomic E-state index is -0.277. The van der Waals surface area contributed by atoms with Gasteiger partial charge in [-0.15, -0.1) is 5.10 Å². The molecule has 0 unspecified atom stereocenters. The summed E-state index contributed by atoms with van der Waals surface area (Å²) in [5, 5.41) is 18.0. The quantitative estimate of drug-likeness (QED) is 0.507. The van der Waals surface area contributed by atoms with E-state index in [4.69, 9.17) is 17.3 Å². The number of hydrogen-bond donors (Lipinski definition) is 2. The Kier molecular flexibility index (Phi) is 5.80. The average Bonchev–Trinajstić information content (AvgIpc) is 2.50. The van der Waals surface area contributed by atoms with Crippen LogP contribution in [0.25, 0.3) is 0 Å². The van der Waals surface area contributed by atoms with Crippen molar-refractivity contribution in [1.29, 1.82) is 0 Å². The van der Waals surface area contributed by atoms with Crippen molar-refractivity contribution in [2.75, 3.05) is 0 Å². The Balaban J connectivity index is 1.93. The van der Waals surface area contributed by atoms with Gasteiger partial charge in [-0.2, -0.15) is 5.10 Å². The van der Waals surface area contributed by atoms with Crippen LogP contribution >= 0.6 is 23.4 Å². The largest absolute Gasteiger partial charge is 0.507 e. The first-order valence-corrected chi connectivity index (χ1v) is 7.63. The van der Waals surface area contributed by atoms with Crippen LogP contribution < -0.4 is 5.73 Å². The number of rotatable bonds is 4. The molecule has 7 heteroatoms. The maximum absolute atomic E-state index is 12.8. The molecule has 0 saturated carbocycles. The normalized spacial score (nSPS) is 12.0.